The van der Waals surface area contributed by atoms with Crippen LogP contribution in [0, 0.1) is 0 Å². The minimum absolute atomic E-state index is 0.0624. The van der Waals surface area contributed by atoms with Crippen molar-refractivity contribution >= 4 is 11.9 Å². The van der Waals surface area contributed by atoms with Crippen LogP contribution in [-0.2, 0) is 17.8 Å². The van der Waals surface area contributed by atoms with Gasteiger partial charge >= 0.3 is 5.97 Å². The Labute approximate surface area is 110 Å². The zero-order valence-electron chi connectivity index (χ0n) is 10.2. The van der Waals surface area contributed by atoms with Gasteiger partial charge in [0.25, 0.3) is 0 Å². The van der Waals surface area contributed by atoms with E-state index in [0.29, 0.717) is 12.1 Å². The molecule has 5 nitrogen and oxygen atoms in total. The maximum Gasteiger partial charge on any atom is 0.335 e. The van der Waals surface area contributed by atoms with E-state index in [4.69, 9.17) is 5.11 Å². The van der Waals surface area contributed by atoms with E-state index in [0.717, 1.165) is 5.56 Å². The molecule has 0 fully saturated rings. The molecule has 1 heterocycles. The summed E-state index contributed by atoms with van der Waals surface area (Å²) in [6.07, 6.45) is 3.64. The van der Waals surface area contributed by atoms with Crippen LogP contribution < -0.4 is 5.32 Å². The molecule has 1 aromatic heterocycles. The van der Waals surface area contributed by atoms with Crippen LogP contribution in [0.3, 0.4) is 0 Å². The largest absolute Gasteiger partial charge is 0.478 e. The normalized spacial score (nSPS) is 10.1. The summed E-state index contributed by atoms with van der Waals surface area (Å²) in [6.45, 7) is 0.428. The van der Waals surface area contributed by atoms with Crippen molar-refractivity contribution in [3.8, 4) is 0 Å². The lowest BCUT2D eigenvalue weighted by atomic mass is 10.0. The molecule has 1 aromatic carbocycles. The van der Waals surface area contributed by atoms with Gasteiger partial charge in [0.1, 0.15) is 0 Å². The molecule has 0 bridgehead atoms. The first-order valence-corrected chi connectivity index (χ1v) is 5.86. The van der Waals surface area contributed by atoms with Crippen LogP contribution in [0.15, 0.2) is 42.7 Å². The number of aromatic amines is 1. The average Bonchev–Trinajstić information content (AvgIpc) is 2.90. The second-order valence-corrected chi connectivity index (χ2v) is 4.14. The lowest BCUT2D eigenvalue weighted by Gasteiger charge is -2.06. The molecule has 2 rings (SSSR count). The van der Waals surface area contributed by atoms with Crippen molar-refractivity contribution in [2.45, 2.75) is 13.0 Å². The predicted octanol–water partition coefficient (Wildman–Crippen LogP) is 1.57. The van der Waals surface area contributed by atoms with E-state index in [9.17, 15) is 9.59 Å². The second kappa shape index (κ2) is 5.86. The molecule has 0 saturated carbocycles. The summed E-state index contributed by atoms with van der Waals surface area (Å²) in [6, 6.07) is 8.38. The molecule has 98 valence electrons. The highest BCUT2D eigenvalue weighted by Gasteiger charge is 2.12. The molecule has 3 N–H and O–H groups in total. The van der Waals surface area contributed by atoms with E-state index in [-0.39, 0.29) is 17.9 Å². The summed E-state index contributed by atoms with van der Waals surface area (Å²) in [5.74, 6) is -1.22. The van der Waals surface area contributed by atoms with Gasteiger partial charge in [0, 0.05) is 18.9 Å². The summed E-state index contributed by atoms with van der Waals surface area (Å²) in [5, 5.41) is 11.8. The number of hydrogen-bond acceptors (Lipinski definition) is 2. The monoisotopic (exact) mass is 258 g/mol. The maximum absolute atomic E-state index is 11.8. The number of H-pyrrole nitrogens is 1. The Hall–Kier alpha value is -2.56. The van der Waals surface area contributed by atoms with Crippen LogP contribution in [-0.4, -0.2) is 22.0 Å². The van der Waals surface area contributed by atoms with Gasteiger partial charge in [0.15, 0.2) is 0 Å². The smallest absolute Gasteiger partial charge is 0.335 e. The van der Waals surface area contributed by atoms with Gasteiger partial charge in [-0.2, -0.15) is 0 Å². The first-order valence-electron chi connectivity index (χ1n) is 5.86. The van der Waals surface area contributed by atoms with Crippen molar-refractivity contribution in [3.05, 3.63) is 59.4 Å². The molecular formula is C14H14N2O3. The molecular weight excluding hydrogens is 244 g/mol. The number of amides is 1. The SMILES string of the molecule is O=C(Cc1ccccc1C(=O)O)NCc1cc[nH]c1. The lowest BCUT2D eigenvalue weighted by molar-refractivity contribution is -0.120. The van der Waals surface area contributed by atoms with Crippen molar-refractivity contribution in [3.63, 3.8) is 0 Å². The number of benzene rings is 1. The minimum atomic E-state index is -1.02. The lowest BCUT2D eigenvalue weighted by Crippen LogP contribution is -2.25. The molecule has 5 heteroatoms. The topological polar surface area (TPSA) is 82.2 Å². The number of aromatic carboxylic acids is 1. The summed E-state index contributed by atoms with van der Waals surface area (Å²) in [5.41, 5.74) is 1.65. The second-order valence-electron chi connectivity index (χ2n) is 4.14. The van der Waals surface area contributed by atoms with E-state index >= 15 is 0 Å². The molecule has 0 atom stereocenters. The van der Waals surface area contributed by atoms with Crippen LogP contribution >= 0.6 is 0 Å². The third-order valence-corrected chi connectivity index (χ3v) is 2.75. The number of hydrogen-bond donors (Lipinski definition) is 3. The fourth-order valence-electron chi connectivity index (χ4n) is 1.79. The number of nitrogens with one attached hydrogen (secondary N) is 2. The first kappa shape index (κ1) is 12.9. The Morgan fingerprint density at radius 3 is 2.68 bits per heavy atom. The van der Waals surface area contributed by atoms with Gasteiger partial charge in [-0.1, -0.05) is 18.2 Å². The Balaban J connectivity index is 1.97. The zero-order valence-corrected chi connectivity index (χ0v) is 10.2. The van der Waals surface area contributed by atoms with E-state index in [1.54, 1.807) is 30.6 Å². The van der Waals surface area contributed by atoms with E-state index in [1.165, 1.54) is 6.07 Å². The Morgan fingerprint density at radius 2 is 2.00 bits per heavy atom. The van der Waals surface area contributed by atoms with Gasteiger partial charge in [0.05, 0.1) is 12.0 Å². The van der Waals surface area contributed by atoms with Crippen LogP contribution in [0.1, 0.15) is 21.5 Å². The summed E-state index contributed by atoms with van der Waals surface area (Å²) in [4.78, 5) is 25.7. The van der Waals surface area contributed by atoms with E-state index in [1.807, 2.05) is 6.07 Å². The van der Waals surface area contributed by atoms with E-state index < -0.39 is 5.97 Å². The molecule has 0 aliphatic heterocycles. The Bertz CT molecular complexity index is 576. The number of carbonyl (C=O) groups excluding carboxylic acids is 1. The van der Waals surface area contributed by atoms with Crippen LogP contribution in [0.25, 0.3) is 0 Å². The average molecular weight is 258 g/mol. The minimum Gasteiger partial charge on any atom is -0.478 e. The maximum atomic E-state index is 11.8. The van der Waals surface area contributed by atoms with Crippen LogP contribution in [0.5, 0.6) is 0 Å². The Kier molecular flexibility index (Phi) is 3.97. The fraction of sp³-hybridized carbons (Fsp3) is 0.143. The van der Waals surface area contributed by atoms with Gasteiger partial charge in [-0.15, -0.1) is 0 Å². The van der Waals surface area contributed by atoms with E-state index in [2.05, 4.69) is 10.3 Å². The summed E-state index contributed by atoms with van der Waals surface area (Å²) < 4.78 is 0. The van der Waals surface area contributed by atoms with Gasteiger partial charge in [0.2, 0.25) is 5.91 Å². The summed E-state index contributed by atoms with van der Waals surface area (Å²) in [7, 11) is 0. The molecule has 2 aromatic rings. The summed E-state index contributed by atoms with van der Waals surface area (Å²) >= 11 is 0. The van der Waals surface area contributed by atoms with Gasteiger partial charge in [-0.25, -0.2) is 4.79 Å². The molecule has 0 unspecified atom stereocenters. The van der Waals surface area contributed by atoms with Crippen molar-refractivity contribution in [2.75, 3.05) is 0 Å². The third kappa shape index (κ3) is 3.45. The van der Waals surface area contributed by atoms with Crippen molar-refractivity contribution in [2.24, 2.45) is 0 Å². The first-order chi connectivity index (χ1) is 9.16. The molecule has 0 radical (unpaired) electrons. The van der Waals surface area contributed by atoms with Gasteiger partial charge in [-0.3, -0.25) is 4.79 Å². The van der Waals surface area contributed by atoms with Gasteiger partial charge < -0.3 is 15.4 Å². The highest BCUT2D eigenvalue weighted by Crippen LogP contribution is 2.09. The zero-order chi connectivity index (χ0) is 13.7. The molecule has 0 spiro atoms. The van der Waals surface area contributed by atoms with Crippen molar-refractivity contribution in [1.29, 1.82) is 0 Å². The number of carboxylic acid groups (broad SMARTS) is 1. The number of carboxylic acids is 1. The highest BCUT2D eigenvalue weighted by atomic mass is 16.4. The molecule has 0 aliphatic rings. The molecule has 0 saturated heterocycles. The number of rotatable bonds is 5. The third-order valence-electron chi connectivity index (χ3n) is 2.75. The van der Waals surface area contributed by atoms with Crippen molar-refractivity contribution < 1.29 is 14.7 Å². The fourth-order valence-corrected chi connectivity index (χ4v) is 1.79. The molecule has 0 aliphatic carbocycles. The highest BCUT2D eigenvalue weighted by molar-refractivity contribution is 5.91. The number of aromatic nitrogens is 1. The van der Waals surface area contributed by atoms with Crippen LogP contribution in [0.4, 0.5) is 0 Å². The number of carbonyl (C=O) groups is 2. The Morgan fingerprint density at radius 1 is 1.21 bits per heavy atom. The quantitative estimate of drug-likeness (QED) is 0.761. The molecule has 19 heavy (non-hydrogen) atoms. The standard InChI is InChI=1S/C14H14N2O3/c17-13(16-9-10-5-6-15-8-10)7-11-3-1-2-4-12(11)14(18)19/h1-6,8,15H,7,9H2,(H,16,17)(H,18,19). The predicted molar refractivity (Wildman–Crippen MR) is 69.7 cm³/mol. The van der Waals surface area contributed by atoms with Gasteiger partial charge in [-0.05, 0) is 23.3 Å². The van der Waals surface area contributed by atoms with Crippen molar-refractivity contribution in [1.82, 2.24) is 10.3 Å². The molecule has 1 amide bonds. The van der Waals surface area contributed by atoms with Crippen LogP contribution in [0.2, 0.25) is 0 Å².